The van der Waals surface area contributed by atoms with Gasteiger partial charge in [0.2, 0.25) is 5.92 Å². The molecule has 0 N–H and O–H groups in total. The third kappa shape index (κ3) is 2.84. The van der Waals surface area contributed by atoms with Crippen molar-refractivity contribution >= 4 is 21.6 Å². The molecule has 3 aromatic heterocycles. The van der Waals surface area contributed by atoms with Gasteiger partial charge in [-0.25, -0.2) is 18.7 Å². The van der Waals surface area contributed by atoms with Crippen molar-refractivity contribution in [1.29, 1.82) is 0 Å². The van der Waals surface area contributed by atoms with Gasteiger partial charge in [0.1, 0.15) is 4.83 Å². The van der Waals surface area contributed by atoms with Crippen LogP contribution in [-0.4, -0.2) is 20.5 Å². The largest absolute Gasteiger partial charge is 0.302 e. The predicted molar refractivity (Wildman–Crippen MR) is 89.5 cm³/mol. The van der Waals surface area contributed by atoms with Gasteiger partial charge >= 0.3 is 0 Å². The van der Waals surface area contributed by atoms with E-state index in [1.165, 1.54) is 28.3 Å². The fourth-order valence-corrected chi connectivity index (χ4v) is 4.17. The molecule has 0 aliphatic heterocycles. The van der Waals surface area contributed by atoms with Gasteiger partial charge in [0, 0.05) is 36.2 Å². The molecule has 0 bridgehead atoms. The van der Waals surface area contributed by atoms with Gasteiger partial charge in [-0.15, -0.1) is 11.3 Å². The van der Waals surface area contributed by atoms with E-state index in [0.717, 1.165) is 15.1 Å². The Bertz CT molecular complexity index is 971. The Morgan fingerprint density at radius 2 is 2.08 bits per heavy atom. The Kier molecular flexibility index (Phi) is 3.49. The normalized spacial score (nSPS) is 17.1. The summed E-state index contributed by atoms with van der Waals surface area (Å²) in [6, 6.07) is 7.24. The van der Waals surface area contributed by atoms with Gasteiger partial charge in [-0.3, -0.25) is 4.79 Å². The van der Waals surface area contributed by atoms with Gasteiger partial charge in [0.25, 0.3) is 5.56 Å². The zero-order valence-corrected chi connectivity index (χ0v) is 13.8. The summed E-state index contributed by atoms with van der Waals surface area (Å²) in [4.78, 5) is 22.5. The molecule has 0 unspecified atom stereocenters. The highest BCUT2D eigenvalue weighted by molar-refractivity contribution is 7.18. The van der Waals surface area contributed by atoms with Crippen LogP contribution in [0.5, 0.6) is 0 Å². The molecule has 1 saturated carbocycles. The number of fused-ring (bicyclic) bond motifs is 1. The van der Waals surface area contributed by atoms with Crippen molar-refractivity contribution in [3.8, 4) is 11.4 Å². The predicted octanol–water partition coefficient (Wildman–Crippen LogP) is 3.64. The molecule has 1 aliphatic rings. The van der Waals surface area contributed by atoms with E-state index < -0.39 is 5.92 Å². The zero-order valence-electron chi connectivity index (χ0n) is 13.0. The maximum atomic E-state index is 13.0. The van der Waals surface area contributed by atoms with Crippen LogP contribution in [0, 0.1) is 5.92 Å². The van der Waals surface area contributed by atoms with Crippen molar-refractivity contribution < 1.29 is 8.78 Å². The minimum absolute atomic E-state index is 0.0167. The maximum Gasteiger partial charge on any atom is 0.253 e. The van der Waals surface area contributed by atoms with Crippen LogP contribution in [0.3, 0.4) is 0 Å². The van der Waals surface area contributed by atoms with Crippen LogP contribution < -0.4 is 5.56 Å². The standard InChI is InChI=1S/C17H15F2N3OS/c1-22-9-20-14(6-15(22)23)13-3-2-11-5-12(24-16(11)21-13)4-10-7-17(18,19)8-10/h2-3,5-6,9-10H,4,7-8H2,1H3. The van der Waals surface area contributed by atoms with E-state index in [9.17, 15) is 13.6 Å². The van der Waals surface area contributed by atoms with E-state index in [0.29, 0.717) is 17.8 Å². The molecule has 0 aromatic carbocycles. The molecule has 0 spiro atoms. The number of alkyl halides is 2. The number of thiophene rings is 1. The third-order valence-corrected chi connectivity index (χ3v) is 5.41. The van der Waals surface area contributed by atoms with Crippen LogP contribution in [0.1, 0.15) is 17.7 Å². The molecule has 7 heteroatoms. The monoisotopic (exact) mass is 347 g/mol. The first-order valence-corrected chi connectivity index (χ1v) is 8.52. The van der Waals surface area contributed by atoms with Crippen molar-refractivity contribution in [2.75, 3.05) is 0 Å². The van der Waals surface area contributed by atoms with Crippen molar-refractivity contribution in [3.63, 3.8) is 0 Å². The summed E-state index contributed by atoms with van der Waals surface area (Å²) in [5.41, 5.74) is 1.04. The average molecular weight is 347 g/mol. The second kappa shape index (κ2) is 5.44. The number of pyridine rings is 1. The Morgan fingerprint density at radius 3 is 2.79 bits per heavy atom. The highest BCUT2D eigenvalue weighted by Crippen LogP contribution is 2.44. The number of aromatic nitrogens is 3. The molecule has 1 fully saturated rings. The van der Waals surface area contributed by atoms with E-state index in [2.05, 4.69) is 9.97 Å². The van der Waals surface area contributed by atoms with Crippen LogP contribution in [0.15, 0.2) is 35.4 Å². The molecule has 0 saturated heterocycles. The molecular formula is C17H15F2N3OS. The third-order valence-electron chi connectivity index (χ3n) is 4.34. The van der Waals surface area contributed by atoms with Crippen LogP contribution in [0.4, 0.5) is 8.78 Å². The molecule has 24 heavy (non-hydrogen) atoms. The fraction of sp³-hybridized carbons (Fsp3) is 0.353. The van der Waals surface area contributed by atoms with Gasteiger partial charge < -0.3 is 4.57 Å². The summed E-state index contributed by atoms with van der Waals surface area (Å²) in [7, 11) is 1.64. The fourth-order valence-electron chi connectivity index (χ4n) is 3.03. The SMILES string of the molecule is Cn1cnc(-c2ccc3cc(CC4CC(F)(F)C4)sc3n2)cc1=O. The highest BCUT2D eigenvalue weighted by atomic mass is 32.1. The molecular weight excluding hydrogens is 332 g/mol. The molecule has 0 amide bonds. The Labute approximate surface area is 140 Å². The van der Waals surface area contributed by atoms with Crippen molar-refractivity contribution in [3.05, 3.63) is 45.8 Å². The lowest BCUT2D eigenvalue weighted by molar-refractivity contribution is -0.109. The second-order valence-corrected chi connectivity index (χ2v) is 7.48. The van der Waals surface area contributed by atoms with Crippen LogP contribution >= 0.6 is 11.3 Å². The Balaban J connectivity index is 1.61. The van der Waals surface area contributed by atoms with Crippen LogP contribution in [0.25, 0.3) is 21.6 Å². The molecule has 124 valence electrons. The molecule has 3 aromatic rings. The van der Waals surface area contributed by atoms with E-state index in [-0.39, 0.29) is 24.3 Å². The second-order valence-electron chi connectivity index (χ2n) is 6.36. The van der Waals surface area contributed by atoms with Gasteiger partial charge in [-0.2, -0.15) is 0 Å². The van der Waals surface area contributed by atoms with Gasteiger partial charge in [0.05, 0.1) is 17.7 Å². The average Bonchev–Trinajstić information content (AvgIpc) is 2.89. The summed E-state index contributed by atoms with van der Waals surface area (Å²) in [5.74, 6) is -2.41. The van der Waals surface area contributed by atoms with E-state index in [4.69, 9.17) is 0 Å². The van der Waals surface area contributed by atoms with Crippen molar-refractivity contribution in [2.24, 2.45) is 13.0 Å². The van der Waals surface area contributed by atoms with E-state index >= 15 is 0 Å². The first kappa shape index (κ1) is 15.4. The van der Waals surface area contributed by atoms with E-state index in [1.807, 2.05) is 18.2 Å². The lowest BCUT2D eigenvalue weighted by Crippen LogP contribution is -2.36. The molecule has 1 aliphatic carbocycles. The molecule has 4 rings (SSSR count). The summed E-state index contributed by atoms with van der Waals surface area (Å²) in [6.45, 7) is 0. The Hall–Kier alpha value is -2.15. The number of rotatable bonds is 3. The van der Waals surface area contributed by atoms with Gasteiger partial charge in [0.15, 0.2) is 0 Å². The summed E-state index contributed by atoms with van der Waals surface area (Å²) < 4.78 is 27.3. The summed E-state index contributed by atoms with van der Waals surface area (Å²) in [5, 5.41) is 0.994. The zero-order chi connectivity index (χ0) is 16.9. The minimum atomic E-state index is -2.47. The lowest BCUT2D eigenvalue weighted by Gasteiger charge is -2.34. The minimum Gasteiger partial charge on any atom is -0.302 e. The molecule has 3 heterocycles. The molecule has 4 nitrogen and oxygen atoms in total. The molecule has 0 radical (unpaired) electrons. The molecule has 0 atom stereocenters. The number of nitrogens with zero attached hydrogens (tertiary/aromatic N) is 3. The first-order valence-electron chi connectivity index (χ1n) is 7.70. The van der Waals surface area contributed by atoms with Crippen LogP contribution in [0.2, 0.25) is 0 Å². The first-order chi connectivity index (χ1) is 11.4. The lowest BCUT2D eigenvalue weighted by atomic mass is 9.79. The van der Waals surface area contributed by atoms with Gasteiger partial charge in [-0.05, 0) is 30.5 Å². The summed E-state index contributed by atoms with van der Waals surface area (Å²) in [6.07, 6.45) is 2.12. The number of halogens is 2. The summed E-state index contributed by atoms with van der Waals surface area (Å²) >= 11 is 1.52. The number of hydrogen-bond donors (Lipinski definition) is 0. The van der Waals surface area contributed by atoms with Crippen LogP contribution in [-0.2, 0) is 13.5 Å². The quantitative estimate of drug-likeness (QED) is 0.727. The van der Waals surface area contributed by atoms with Crippen molar-refractivity contribution in [1.82, 2.24) is 14.5 Å². The smallest absolute Gasteiger partial charge is 0.253 e. The number of hydrogen-bond acceptors (Lipinski definition) is 4. The topological polar surface area (TPSA) is 47.8 Å². The van der Waals surface area contributed by atoms with Gasteiger partial charge in [-0.1, -0.05) is 0 Å². The Morgan fingerprint density at radius 1 is 1.29 bits per heavy atom. The number of aryl methyl sites for hydroxylation is 1. The maximum absolute atomic E-state index is 13.0. The highest BCUT2D eigenvalue weighted by Gasteiger charge is 2.45. The van der Waals surface area contributed by atoms with E-state index in [1.54, 1.807) is 7.05 Å². The van der Waals surface area contributed by atoms with Crippen molar-refractivity contribution in [2.45, 2.75) is 25.2 Å².